The summed E-state index contributed by atoms with van der Waals surface area (Å²) in [6.07, 6.45) is 1.75. The Labute approximate surface area is 137 Å². The molecule has 0 unspecified atom stereocenters. The summed E-state index contributed by atoms with van der Waals surface area (Å²) in [5.74, 6) is 0.844. The Morgan fingerprint density at radius 1 is 1.35 bits per heavy atom. The highest BCUT2D eigenvalue weighted by atomic mass is 35.5. The van der Waals surface area contributed by atoms with Crippen LogP contribution < -0.4 is 5.32 Å². The summed E-state index contributed by atoms with van der Waals surface area (Å²) in [5, 5.41) is 18.6. The van der Waals surface area contributed by atoms with Crippen molar-refractivity contribution in [3.05, 3.63) is 57.4 Å². The van der Waals surface area contributed by atoms with Gasteiger partial charge in [0.1, 0.15) is 11.0 Å². The number of nitrogens with zero attached hydrogens (tertiary/aromatic N) is 4. The van der Waals surface area contributed by atoms with E-state index in [1.165, 1.54) is 12.1 Å². The molecule has 0 spiro atoms. The summed E-state index contributed by atoms with van der Waals surface area (Å²) >= 11 is 6.10. The Bertz CT molecular complexity index is 891. The van der Waals surface area contributed by atoms with Crippen LogP contribution >= 0.6 is 11.6 Å². The summed E-state index contributed by atoms with van der Waals surface area (Å²) in [5.41, 5.74) is 2.23. The monoisotopic (exact) mass is 331 g/mol. The van der Waals surface area contributed by atoms with Gasteiger partial charge in [-0.05, 0) is 12.0 Å². The number of fused-ring (bicyclic) bond motifs is 1. The smallest absolute Gasteiger partial charge is 0.271 e. The van der Waals surface area contributed by atoms with Gasteiger partial charge >= 0.3 is 0 Å². The molecule has 2 heterocycles. The van der Waals surface area contributed by atoms with E-state index in [1.54, 1.807) is 28.9 Å². The molecule has 1 aromatic carbocycles. The van der Waals surface area contributed by atoms with E-state index in [0.717, 1.165) is 5.56 Å². The van der Waals surface area contributed by atoms with E-state index in [-0.39, 0.29) is 11.6 Å². The lowest BCUT2D eigenvalue weighted by Gasteiger charge is -2.09. The lowest BCUT2D eigenvalue weighted by molar-refractivity contribution is -0.384. The van der Waals surface area contributed by atoms with E-state index in [4.69, 9.17) is 11.6 Å². The zero-order chi connectivity index (χ0) is 16.6. The summed E-state index contributed by atoms with van der Waals surface area (Å²) < 4.78 is 1.64. The third-order valence-corrected chi connectivity index (χ3v) is 3.61. The Morgan fingerprint density at radius 2 is 2.13 bits per heavy atom. The quantitative estimate of drug-likeness (QED) is 0.441. The summed E-state index contributed by atoms with van der Waals surface area (Å²) in [6.45, 7) is 4.10. The van der Waals surface area contributed by atoms with Gasteiger partial charge in [-0.25, -0.2) is 4.98 Å². The van der Waals surface area contributed by atoms with Crippen LogP contribution in [0.3, 0.4) is 0 Å². The van der Waals surface area contributed by atoms with Crippen LogP contribution in [0.2, 0.25) is 5.15 Å². The van der Waals surface area contributed by atoms with Crippen molar-refractivity contribution in [2.24, 2.45) is 0 Å². The zero-order valence-electron chi connectivity index (χ0n) is 12.5. The standard InChI is InChI=1S/C15H14ClN5O2/c1-9(2)12-8-17-20-14(7-13(16)19-15(12)20)18-10-4-3-5-11(6-10)21(22)23/h3-9,18H,1-2H3. The molecule has 0 atom stereocenters. The first-order valence-corrected chi connectivity index (χ1v) is 7.39. The third-order valence-electron chi connectivity index (χ3n) is 3.42. The van der Waals surface area contributed by atoms with Crippen LogP contribution in [0.15, 0.2) is 36.5 Å². The van der Waals surface area contributed by atoms with Gasteiger partial charge < -0.3 is 5.32 Å². The van der Waals surface area contributed by atoms with Crippen molar-refractivity contribution in [3.63, 3.8) is 0 Å². The number of hydrogen-bond donors (Lipinski definition) is 1. The van der Waals surface area contributed by atoms with Crippen LogP contribution in [0.1, 0.15) is 25.3 Å². The molecule has 0 aliphatic carbocycles. The largest absolute Gasteiger partial charge is 0.340 e. The first-order valence-electron chi connectivity index (χ1n) is 7.01. The van der Waals surface area contributed by atoms with E-state index in [1.807, 2.05) is 13.8 Å². The Balaban J connectivity index is 2.06. The van der Waals surface area contributed by atoms with Crippen molar-refractivity contribution in [1.29, 1.82) is 0 Å². The molecule has 118 valence electrons. The third kappa shape index (κ3) is 2.95. The molecule has 23 heavy (non-hydrogen) atoms. The van der Waals surface area contributed by atoms with E-state index in [9.17, 15) is 10.1 Å². The molecule has 0 fully saturated rings. The van der Waals surface area contributed by atoms with Gasteiger partial charge in [0.15, 0.2) is 5.65 Å². The number of halogens is 1. The second kappa shape index (κ2) is 5.85. The van der Waals surface area contributed by atoms with Crippen LogP contribution in [0.25, 0.3) is 5.65 Å². The number of hydrogen-bond acceptors (Lipinski definition) is 5. The second-order valence-electron chi connectivity index (χ2n) is 5.39. The lowest BCUT2D eigenvalue weighted by atomic mass is 10.1. The van der Waals surface area contributed by atoms with E-state index in [2.05, 4.69) is 15.4 Å². The van der Waals surface area contributed by atoms with Gasteiger partial charge in [-0.15, -0.1) is 0 Å². The molecule has 0 saturated carbocycles. The summed E-state index contributed by atoms with van der Waals surface area (Å²) in [6, 6.07) is 7.87. The Kier molecular flexibility index (Phi) is 3.87. The van der Waals surface area contributed by atoms with Crippen LogP contribution in [0.5, 0.6) is 0 Å². The normalized spacial score (nSPS) is 11.1. The highest BCUT2D eigenvalue weighted by molar-refractivity contribution is 6.29. The molecule has 0 bridgehead atoms. The lowest BCUT2D eigenvalue weighted by Crippen LogP contribution is -2.02. The number of aromatic nitrogens is 3. The van der Waals surface area contributed by atoms with Crippen molar-refractivity contribution in [2.45, 2.75) is 19.8 Å². The molecule has 1 N–H and O–H groups in total. The van der Waals surface area contributed by atoms with E-state index < -0.39 is 4.92 Å². The molecule has 0 aliphatic heterocycles. The van der Waals surface area contributed by atoms with Crippen LogP contribution in [-0.4, -0.2) is 19.5 Å². The Hall–Kier alpha value is -2.67. The predicted octanol–water partition coefficient (Wildman–Crippen LogP) is 4.16. The number of nitrogens with one attached hydrogen (secondary N) is 1. The average molecular weight is 332 g/mol. The molecule has 7 nitrogen and oxygen atoms in total. The maximum Gasteiger partial charge on any atom is 0.271 e. The molecule has 8 heteroatoms. The first kappa shape index (κ1) is 15.2. The minimum absolute atomic E-state index is 0.00901. The highest BCUT2D eigenvalue weighted by Crippen LogP contribution is 2.26. The molecule has 3 aromatic rings. The minimum Gasteiger partial charge on any atom is -0.340 e. The number of non-ortho nitro benzene ring substituents is 1. The number of nitro benzene ring substituents is 1. The molecule has 2 aromatic heterocycles. The highest BCUT2D eigenvalue weighted by Gasteiger charge is 2.14. The molecule has 0 amide bonds. The van der Waals surface area contributed by atoms with Gasteiger partial charge in [0.25, 0.3) is 5.69 Å². The van der Waals surface area contributed by atoms with E-state index in [0.29, 0.717) is 22.3 Å². The van der Waals surface area contributed by atoms with Crippen LogP contribution in [0.4, 0.5) is 17.2 Å². The summed E-state index contributed by atoms with van der Waals surface area (Å²) in [7, 11) is 0. The van der Waals surface area contributed by atoms with Gasteiger partial charge in [0.2, 0.25) is 0 Å². The van der Waals surface area contributed by atoms with Crippen LogP contribution in [0, 0.1) is 10.1 Å². The van der Waals surface area contributed by atoms with E-state index >= 15 is 0 Å². The van der Waals surface area contributed by atoms with Gasteiger partial charge in [0.05, 0.1) is 11.1 Å². The SMILES string of the molecule is CC(C)c1cnn2c(Nc3cccc([N+](=O)[O-])c3)cc(Cl)nc12. The van der Waals surface area contributed by atoms with Crippen molar-refractivity contribution in [2.75, 3.05) is 5.32 Å². The minimum atomic E-state index is -0.439. The maximum absolute atomic E-state index is 10.9. The number of rotatable bonds is 4. The fourth-order valence-electron chi connectivity index (χ4n) is 2.29. The van der Waals surface area contributed by atoms with Gasteiger partial charge in [-0.2, -0.15) is 9.61 Å². The topological polar surface area (TPSA) is 85.4 Å². The van der Waals surface area contributed by atoms with Crippen molar-refractivity contribution < 1.29 is 4.92 Å². The summed E-state index contributed by atoms with van der Waals surface area (Å²) in [4.78, 5) is 14.8. The van der Waals surface area contributed by atoms with Crippen molar-refractivity contribution in [3.8, 4) is 0 Å². The molecular weight excluding hydrogens is 318 g/mol. The van der Waals surface area contributed by atoms with Crippen molar-refractivity contribution >= 4 is 34.4 Å². The first-order chi connectivity index (χ1) is 11.0. The Morgan fingerprint density at radius 3 is 2.83 bits per heavy atom. The molecule has 0 saturated heterocycles. The molecular formula is C15H14ClN5O2. The molecule has 0 radical (unpaired) electrons. The average Bonchev–Trinajstić information content (AvgIpc) is 2.91. The number of anilines is 2. The maximum atomic E-state index is 10.9. The number of benzene rings is 1. The van der Waals surface area contributed by atoms with Gasteiger partial charge in [-0.3, -0.25) is 10.1 Å². The van der Waals surface area contributed by atoms with Gasteiger partial charge in [-0.1, -0.05) is 31.5 Å². The molecule has 0 aliphatic rings. The second-order valence-corrected chi connectivity index (χ2v) is 5.77. The fourth-order valence-corrected chi connectivity index (χ4v) is 2.48. The fraction of sp³-hybridized carbons (Fsp3) is 0.200. The number of nitro groups is 1. The van der Waals surface area contributed by atoms with Gasteiger partial charge in [0, 0.05) is 29.4 Å². The predicted molar refractivity (Wildman–Crippen MR) is 88.5 cm³/mol. The van der Waals surface area contributed by atoms with Crippen LogP contribution in [-0.2, 0) is 0 Å². The zero-order valence-corrected chi connectivity index (χ0v) is 13.3. The van der Waals surface area contributed by atoms with Crippen molar-refractivity contribution in [1.82, 2.24) is 14.6 Å². The molecule has 3 rings (SSSR count).